The van der Waals surface area contributed by atoms with E-state index < -0.39 is 0 Å². The summed E-state index contributed by atoms with van der Waals surface area (Å²) in [6.07, 6.45) is 1.73. The topological polar surface area (TPSA) is 12.9 Å². The van der Waals surface area contributed by atoms with Crippen LogP contribution in [0.1, 0.15) is 11.1 Å². The van der Waals surface area contributed by atoms with Crippen LogP contribution in [-0.4, -0.2) is 4.98 Å². The molecule has 0 radical (unpaired) electrons. The van der Waals surface area contributed by atoms with Gasteiger partial charge in [0.05, 0.1) is 0 Å². The average Bonchev–Trinajstić information content (AvgIpc) is 2.24. The maximum absolute atomic E-state index is 5.84. The van der Waals surface area contributed by atoms with E-state index >= 15 is 0 Å². The molecule has 2 rings (SSSR count). The molecule has 0 aliphatic carbocycles. The lowest BCUT2D eigenvalue weighted by Crippen LogP contribution is -1.82. The molecule has 1 heterocycles. The molecule has 2 aromatic rings. The van der Waals surface area contributed by atoms with Crippen molar-refractivity contribution in [2.45, 2.75) is 23.6 Å². The molecular weight excluding hydrogens is 238 g/mol. The van der Waals surface area contributed by atoms with Crippen molar-refractivity contribution in [2.75, 3.05) is 0 Å². The Morgan fingerprint density at radius 1 is 1.00 bits per heavy atom. The van der Waals surface area contributed by atoms with E-state index in [2.05, 4.69) is 37.0 Å². The van der Waals surface area contributed by atoms with E-state index in [-0.39, 0.29) is 0 Å². The minimum absolute atomic E-state index is 0.536. The maximum Gasteiger partial charge on any atom is 0.130 e. The third-order valence-electron chi connectivity index (χ3n) is 2.41. The van der Waals surface area contributed by atoms with Crippen LogP contribution in [0.5, 0.6) is 0 Å². The Morgan fingerprint density at radius 2 is 1.75 bits per heavy atom. The second kappa shape index (κ2) is 4.89. The second-order valence-corrected chi connectivity index (χ2v) is 5.20. The summed E-state index contributed by atoms with van der Waals surface area (Å²) in [6, 6.07) is 10.3. The molecule has 0 N–H and O–H groups in total. The third-order valence-corrected chi connectivity index (χ3v) is 3.60. The van der Waals surface area contributed by atoms with E-state index in [1.807, 2.05) is 12.1 Å². The lowest BCUT2D eigenvalue weighted by molar-refractivity contribution is 1.25. The number of hydrogen-bond acceptors (Lipinski definition) is 2. The van der Waals surface area contributed by atoms with Gasteiger partial charge in [-0.2, -0.15) is 0 Å². The molecule has 82 valence electrons. The van der Waals surface area contributed by atoms with Crippen LogP contribution in [0.15, 0.2) is 46.3 Å². The monoisotopic (exact) mass is 249 g/mol. The smallest absolute Gasteiger partial charge is 0.130 e. The second-order valence-electron chi connectivity index (χ2n) is 3.66. The van der Waals surface area contributed by atoms with Crippen LogP contribution < -0.4 is 0 Å². The molecule has 0 amide bonds. The van der Waals surface area contributed by atoms with Gasteiger partial charge in [0.15, 0.2) is 0 Å². The van der Waals surface area contributed by atoms with Crippen molar-refractivity contribution in [3.63, 3.8) is 0 Å². The number of hydrogen-bond donors (Lipinski definition) is 0. The summed E-state index contributed by atoms with van der Waals surface area (Å²) in [5.74, 6) is 0. The van der Waals surface area contributed by atoms with Gasteiger partial charge in [-0.15, -0.1) is 0 Å². The van der Waals surface area contributed by atoms with E-state index in [0.717, 1.165) is 4.90 Å². The van der Waals surface area contributed by atoms with Gasteiger partial charge in [-0.05, 0) is 49.2 Å². The molecule has 3 heteroatoms. The number of nitrogens with zero attached hydrogens (tertiary/aromatic N) is 1. The van der Waals surface area contributed by atoms with Gasteiger partial charge in [-0.25, -0.2) is 4.98 Å². The Balaban J connectivity index is 2.24. The molecule has 16 heavy (non-hydrogen) atoms. The predicted octanol–water partition coefficient (Wildman–Crippen LogP) is 4.50. The Kier molecular flexibility index (Phi) is 3.52. The highest BCUT2D eigenvalue weighted by Crippen LogP contribution is 2.29. The summed E-state index contributed by atoms with van der Waals surface area (Å²) in [4.78, 5) is 6.31. The highest BCUT2D eigenvalue weighted by atomic mass is 35.5. The van der Waals surface area contributed by atoms with Crippen molar-refractivity contribution in [2.24, 2.45) is 0 Å². The van der Waals surface area contributed by atoms with Crippen LogP contribution in [0.2, 0.25) is 5.15 Å². The summed E-state index contributed by atoms with van der Waals surface area (Å²) in [5.41, 5.74) is 2.63. The van der Waals surface area contributed by atoms with Crippen molar-refractivity contribution in [1.82, 2.24) is 4.98 Å². The van der Waals surface area contributed by atoms with Gasteiger partial charge in [0.25, 0.3) is 0 Å². The summed E-state index contributed by atoms with van der Waals surface area (Å²) < 4.78 is 0. The van der Waals surface area contributed by atoms with Crippen molar-refractivity contribution in [3.05, 3.63) is 52.8 Å². The zero-order chi connectivity index (χ0) is 11.5. The predicted molar refractivity (Wildman–Crippen MR) is 69.3 cm³/mol. The van der Waals surface area contributed by atoms with Gasteiger partial charge in [-0.3, -0.25) is 0 Å². The van der Waals surface area contributed by atoms with Crippen LogP contribution >= 0.6 is 23.4 Å². The highest BCUT2D eigenvalue weighted by Gasteiger charge is 2.00. The Morgan fingerprint density at radius 3 is 2.44 bits per heavy atom. The largest absolute Gasteiger partial charge is 0.244 e. The first-order valence-corrected chi connectivity index (χ1v) is 6.21. The fourth-order valence-corrected chi connectivity index (χ4v) is 2.54. The average molecular weight is 250 g/mol. The standard InChI is InChI=1S/C13H12ClNS/c1-9-3-4-11(7-10(9)2)16-12-5-6-15-13(14)8-12/h3-8H,1-2H3. The van der Waals surface area contributed by atoms with Crippen LogP contribution in [-0.2, 0) is 0 Å². The quantitative estimate of drug-likeness (QED) is 0.727. The molecule has 0 saturated heterocycles. The first-order chi connectivity index (χ1) is 7.65. The minimum atomic E-state index is 0.536. The molecule has 1 aromatic heterocycles. The van der Waals surface area contributed by atoms with Gasteiger partial charge in [-0.1, -0.05) is 29.4 Å². The lowest BCUT2D eigenvalue weighted by Gasteiger charge is -2.05. The van der Waals surface area contributed by atoms with Gasteiger partial charge in [0.2, 0.25) is 0 Å². The summed E-state index contributed by atoms with van der Waals surface area (Å²) >= 11 is 7.54. The molecule has 0 bridgehead atoms. The number of rotatable bonds is 2. The maximum atomic E-state index is 5.84. The van der Waals surface area contributed by atoms with Crippen LogP contribution in [0.4, 0.5) is 0 Å². The molecule has 0 fully saturated rings. The van der Waals surface area contributed by atoms with Crippen molar-refractivity contribution in [1.29, 1.82) is 0 Å². The van der Waals surface area contributed by atoms with Crippen LogP contribution in [0.25, 0.3) is 0 Å². The number of pyridine rings is 1. The molecule has 1 nitrogen and oxygen atoms in total. The van der Waals surface area contributed by atoms with Crippen LogP contribution in [0.3, 0.4) is 0 Å². The first kappa shape index (κ1) is 11.5. The Bertz CT molecular complexity index is 511. The fraction of sp³-hybridized carbons (Fsp3) is 0.154. The molecule has 0 spiro atoms. The molecular formula is C13H12ClNS. The minimum Gasteiger partial charge on any atom is -0.244 e. The highest BCUT2D eigenvalue weighted by molar-refractivity contribution is 7.99. The molecule has 0 aliphatic heterocycles. The molecule has 0 atom stereocenters. The molecule has 0 unspecified atom stereocenters. The zero-order valence-corrected chi connectivity index (χ0v) is 10.8. The zero-order valence-electron chi connectivity index (χ0n) is 9.20. The van der Waals surface area contributed by atoms with Crippen molar-refractivity contribution < 1.29 is 0 Å². The number of aryl methyl sites for hydroxylation is 2. The molecule has 0 aliphatic rings. The Hall–Kier alpha value is -0.990. The van der Waals surface area contributed by atoms with Gasteiger partial charge < -0.3 is 0 Å². The number of aromatic nitrogens is 1. The van der Waals surface area contributed by atoms with Gasteiger partial charge in [0, 0.05) is 16.0 Å². The molecule has 1 aromatic carbocycles. The van der Waals surface area contributed by atoms with Crippen molar-refractivity contribution in [3.8, 4) is 0 Å². The molecule has 0 saturated carbocycles. The van der Waals surface area contributed by atoms with Crippen molar-refractivity contribution >= 4 is 23.4 Å². The van der Waals surface area contributed by atoms with E-state index in [4.69, 9.17) is 11.6 Å². The van der Waals surface area contributed by atoms with E-state index in [1.165, 1.54) is 16.0 Å². The number of halogens is 1. The third kappa shape index (κ3) is 2.77. The van der Waals surface area contributed by atoms with E-state index in [0.29, 0.717) is 5.15 Å². The van der Waals surface area contributed by atoms with E-state index in [1.54, 1.807) is 18.0 Å². The Labute approximate surface area is 105 Å². The fourth-order valence-electron chi connectivity index (χ4n) is 1.36. The lowest BCUT2D eigenvalue weighted by atomic mass is 10.1. The number of benzene rings is 1. The summed E-state index contributed by atoms with van der Waals surface area (Å²) in [5, 5.41) is 0.536. The normalized spacial score (nSPS) is 10.4. The van der Waals surface area contributed by atoms with Gasteiger partial charge >= 0.3 is 0 Å². The summed E-state index contributed by atoms with van der Waals surface area (Å²) in [7, 11) is 0. The summed E-state index contributed by atoms with van der Waals surface area (Å²) in [6.45, 7) is 4.24. The SMILES string of the molecule is Cc1ccc(Sc2ccnc(Cl)c2)cc1C. The first-order valence-electron chi connectivity index (χ1n) is 5.02. The van der Waals surface area contributed by atoms with Crippen LogP contribution in [0, 0.1) is 13.8 Å². The van der Waals surface area contributed by atoms with E-state index in [9.17, 15) is 0 Å². The van der Waals surface area contributed by atoms with Gasteiger partial charge in [0.1, 0.15) is 5.15 Å².